The molecule has 0 radical (unpaired) electrons. The molecule has 3 rings (SSSR count). The Bertz CT molecular complexity index is 735. The summed E-state index contributed by atoms with van der Waals surface area (Å²) < 4.78 is 5.86. The molecule has 0 amide bonds. The second-order valence-electron chi connectivity index (χ2n) is 5.03. The molecule has 20 heavy (non-hydrogen) atoms. The van der Waals surface area contributed by atoms with Gasteiger partial charge in [-0.2, -0.15) is 0 Å². The number of hydrogen-bond acceptors (Lipinski definition) is 2. The normalized spacial score (nSPS) is 10.7. The number of ether oxygens (including phenoxy) is 1. The molecule has 0 saturated carbocycles. The lowest BCUT2D eigenvalue weighted by molar-refractivity contribution is 0.306. The summed E-state index contributed by atoms with van der Waals surface area (Å²) in [5.41, 5.74) is 4.48. The van der Waals surface area contributed by atoms with Crippen LogP contribution in [-0.4, -0.2) is 4.98 Å². The molecule has 0 unspecified atom stereocenters. The topological polar surface area (TPSA) is 22.1 Å². The molecule has 0 bridgehead atoms. The van der Waals surface area contributed by atoms with E-state index < -0.39 is 0 Å². The smallest absolute Gasteiger partial charge is 0.120 e. The lowest BCUT2D eigenvalue weighted by Crippen LogP contribution is -1.95. The molecule has 2 nitrogen and oxygen atoms in total. The van der Waals surface area contributed by atoms with Crippen LogP contribution in [0.3, 0.4) is 0 Å². The van der Waals surface area contributed by atoms with Gasteiger partial charge in [0.05, 0.1) is 5.52 Å². The van der Waals surface area contributed by atoms with Gasteiger partial charge in [-0.1, -0.05) is 30.3 Å². The van der Waals surface area contributed by atoms with Crippen molar-refractivity contribution >= 4 is 10.9 Å². The van der Waals surface area contributed by atoms with Gasteiger partial charge >= 0.3 is 0 Å². The molecular formula is C18H17NO. The fourth-order valence-electron chi connectivity index (χ4n) is 2.37. The molecule has 0 saturated heterocycles. The SMILES string of the molecule is Cc1cc(C)c2cc(OCc3ccccc3)ccc2n1. The van der Waals surface area contributed by atoms with Gasteiger partial charge in [0, 0.05) is 11.1 Å². The van der Waals surface area contributed by atoms with Gasteiger partial charge in [0.25, 0.3) is 0 Å². The van der Waals surface area contributed by atoms with Gasteiger partial charge in [0.15, 0.2) is 0 Å². The Morgan fingerprint density at radius 1 is 0.950 bits per heavy atom. The Morgan fingerprint density at radius 2 is 1.75 bits per heavy atom. The van der Waals surface area contributed by atoms with Crippen molar-refractivity contribution < 1.29 is 4.74 Å². The van der Waals surface area contributed by atoms with Crippen molar-refractivity contribution in [3.8, 4) is 5.75 Å². The van der Waals surface area contributed by atoms with Crippen LogP contribution < -0.4 is 4.74 Å². The highest BCUT2D eigenvalue weighted by atomic mass is 16.5. The van der Waals surface area contributed by atoms with Crippen LogP contribution in [0.4, 0.5) is 0 Å². The summed E-state index contributed by atoms with van der Waals surface area (Å²) in [6.07, 6.45) is 0. The number of hydrogen-bond donors (Lipinski definition) is 0. The molecule has 1 aromatic heterocycles. The lowest BCUT2D eigenvalue weighted by Gasteiger charge is -2.09. The fraction of sp³-hybridized carbons (Fsp3) is 0.167. The van der Waals surface area contributed by atoms with E-state index >= 15 is 0 Å². The molecule has 100 valence electrons. The first-order chi connectivity index (χ1) is 9.72. The highest BCUT2D eigenvalue weighted by molar-refractivity contribution is 5.83. The number of fused-ring (bicyclic) bond motifs is 1. The monoisotopic (exact) mass is 263 g/mol. The quantitative estimate of drug-likeness (QED) is 0.697. The van der Waals surface area contributed by atoms with Gasteiger partial charge in [-0.15, -0.1) is 0 Å². The highest BCUT2D eigenvalue weighted by Crippen LogP contribution is 2.23. The number of nitrogens with zero attached hydrogens (tertiary/aromatic N) is 1. The predicted molar refractivity (Wildman–Crippen MR) is 82.0 cm³/mol. The summed E-state index contributed by atoms with van der Waals surface area (Å²) in [6.45, 7) is 4.72. The molecule has 0 aliphatic carbocycles. The van der Waals surface area contributed by atoms with Crippen molar-refractivity contribution in [1.82, 2.24) is 4.98 Å². The molecular weight excluding hydrogens is 246 g/mol. The zero-order valence-electron chi connectivity index (χ0n) is 11.8. The molecule has 2 aromatic carbocycles. The van der Waals surface area contributed by atoms with Gasteiger partial charge in [-0.25, -0.2) is 0 Å². The minimum absolute atomic E-state index is 0.588. The average molecular weight is 263 g/mol. The van der Waals surface area contributed by atoms with Gasteiger partial charge in [0.2, 0.25) is 0 Å². The summed E-state index contributed by atoms with van der Waals surface area (Å²) in [5.74, 6) is 0.884. The highest BCUT2D eigenvalue weighted by Gasteiger charge is 2.03. The Hall–Kier alpha value is -2.35. The standard InChI is InChI=1S/C18H17NO/c1-13-10-14(2)19-18-9-8-16(11-17(13)18)20-12-15-6-4-3-5-7-15/h3-11H,12H2,1-2H3. The first-order valence-electron chi connectivity index (χ1n) is 6.77. The number of pyridine rings is 1. The van der Waals surface area contributed by atoms with Gasteiger partial charge < -0.3 is 4.74 Å². The average Bonchev–Trinajstić information content (AvgIpc) is 2.46. The third-order valence-electron chi connectivity index (χ3n) is 3.36. The molecule has 0 N–H and O–H groups in total. The van der Waals surface area contributed by atoms with Crippen LogP contribution in [0.5, 0.6) is 5.75 Å². The zero-order valence-corrected chi connectivity index (χ0v) is 11.8. The van der Waals surface area contributed by atoms with Crippen molar-refractivity contribution in [3.63, 3.8) is 0 Å². The predicted octanol–water partition coefficient (Wildman–Crippen LogP) is 4.43. The summed E-state index contributed by atoms with van der Waals surface area (Å²) in [7, 11) is 0. The second kappa shape index (κ2) is 5.33. The molecule has 0 fully saturated rings. The Morgan fingerprint density at radius 3 is 2.55 bits per heavy atom. The first kappa shape index (κ1) is 12.7. The van der Waals surface area contributed by atoms with Crippen molar-refractivity contribution in [3.05, 3.63) is 71.4 Å². The summed E-state index contributed by atoms with van der Waals surface area (Å²) >= 11 is 0. The second-order valence-corrected chi connectivity index (χ2v) is 5.03. The molecule has 0 spiro atoms. The summed E-state index contributed by atoms with van der Waals surface area (Å²) in [4.78, 5) is 4.54. The van der Waals surface area contributed by atoms with Gasteiger partial charge in [-0.05, 0) is 49.2 Å². The van der Waals surface area contributed by atoms with Crippen LogP contribution in [0.15, 0.2) is 54.6 Å². The fourth-order valence-corrected chi connectivity index (χ4v) is 2.37. The maximum atomic E-state index is 5.86. The molecule has 0 atom stereocenters. The van der Waals surface area contributed by atoms with Gasteiger partial charge in [0.1, 0.15) is 12.4 Å². The molecule has 1 heterocycles. The summed E-state index contributed by atoms with van der Waals surface area (Å²) in [6, 6.07) is 18.4. The van der Waals surface area contributed by atoms with Crippen LogP contribution in [0, 0.1) is 13.8 Å². The van der Waals surface area contributed by atoms with Crippen molar-refractivity contribution in [2.75, 3.05) is 0 Å². The van der Waals surface area contributed by atoms with Crippen LogP contribution in [0.25, 0.3) is 10.9 Å². The third kappa shape index (κ3) is 2.64. The number of rotatable bonds is 3. The van der Waals surface area contributed by atoms with E-state index in [1.165, 1.54) is 11.1 Å². The van der Waals surface area contributed by atoms with Crippen molar-refractivity contribution in [2.45, 2.75) is 20.5 Å². The molecule has 2 heteroatoms. The van der Waals surface area contributed by atoms with Crippen molar-refractivity contribution in [1.29, 1.82) is 0 Å². The lowest BCUT2D eigenvalue weighted by atomic mass is 10.1. The van der Waals surface area contributed by atoms with Gasteiger partial charge in [-0.3, -0.25) is 4.98 Å². The third-order valence-corrected chi connectivity index (χ3v) is 3.36. The van der Waals surface area contributed by atoms with E-state index in [4.69, 9.17) is 4.74 Å². The van der Waals surface area contributed by atoms with Crippen LogP contribution in [0.1, 0.15) is 16.8 Å². The molecule has 3 aromatic rings. The maximum absolute atomic E-state index is 5.86. The van der Waals surface area contributed by atoms with Crippen molar-refractivity contribution in [2.24, 2.45) is 0 Å². The first-order valence-corrected chi connectivity index (χ1v) is 6.77. The molecule has 0 aliphatic heterocycles. The Kier molecular flexibility index (Phi) is 3.38. The van der Waals surface area contributed by atoms with E-state index in [9.17, 15) is 0 Å². The minimum Gasteiger partial charge on any atom is -0.489 e. The van der Waals surface area contributed by atoms with E-state index in [0.29, 0.717) is 6.61 Å². The Balaban J connectivity index is 1.86. The minimum atomic E-state index is 0.588. The van der Waals surface area contributed by atoms with Crippen LogP contribution in [-0.2, 0) is 6.61 Å². The van der Waals surface area contributed by atoms with Crippen LogP contribution in [0.2, 0.25) is 0 Å². The van der Waals surface area contributed by atoms with E-state index in [1.807, 2.05) is 37.3 Å². The van der Waals surface area contributed by atoms with E-state index in [0.717, 1.165) is 22.3 Å². The van der Waals surface area contributed by atoms with E-state index in [-0.39, 0.29) is 0 Å². The number of aryl methyl sites for hydroxylation is 2. The largest absolute Gasteiger partial charge is 0.489 e. The van der Waals surface area contributed by atoms with Crippen LogP contribution >= 0.6 is 0 Å². The molecule has 0 aliphatic rings. The maximum Gasteiger partial charge on any atom is 0.120 e. The number of benzene rings is 2. The number of aromatic nitrogens is 1. The van der Waals surface area contributed by atoms with E-state index in [2.05, 4.69) is 36.2 Å². The van der Waals surface area contributed by atoms with E-state index in [1.54, 1.807) is 0 Å². The Labute approximate surface area is 119 Å². The summed E-state index contributed by atoms with van der Waals surface area (Å²) in [5, 5.41) is 1.15. The zero-order chi connectivity index (χ0) is 13.9.